The number of fused-ring (bicyclic) bond motifs is 1. The Labute approximate surface area is 171 Å². The molecular formula is C21H20BrN5O. The van der Waals surface area contributed by atoms with Crippen LogP contribution in [0.5, 0.6) is 0 Å². The second-order valence-electron chi connectivity index (χ2n) is 6.63. The summed E-state index contributed by atoms with van der Waals surface area (Å²) in [6, 6.07) is 16.2. The smallest absolute Gasteiger partial charge is 0.229 e. The Morgan fingerprint density at radius 2 is 2.00 bits per heavy atom. The Morgan fingerprint density at radius 3 is 2.86 bits per heavy atom. The van der Waals surface area contributed by atoms with Crippen LogP contribution in [0.15, 0.2) is 59.2 Å². The first-order chi connectivity index (χ1) is 13.7. The van der Waals surface area contributed by atoms with Gasteiger partial charge in [0, 0.05) is 24.1 Å². The number of benzene rings is 2. The number of carbonyl (C=O) groups is 1. The molecule has 1 amide bonds. The van der Waals surface area contributed by atoms with Gasteiger partial charge in [-0.15, -0.1) is 0 Å². The molecule has 1 aliphatic rings. The maximum absolute atomic E-state index is 11.5. The lowest BCUT2D eigenvalue weighted by atomic mass is 10.1. The molecule has 0 bridgehead atoms. The van der Waals surface area contributed by atoms with Crippen LogP contribution in [0, 0.1) is 0 Å². The quantitative estimate of drug-likeness (QED) is 0.473. The minimum atomic E-state index is 0.0223. The second kappa shape index (κ2) is 8.39. The Balaban J connectivity index is 1.37. The predicted octanol–water partition coefficient (Wildman–Crippen LogP) is 4.52. The summed E-state index contributed by atoms with van der Waals surface area (Å²) in [7, 11) is 0. The molecule has 4 rings (SSSR count). The van der Waals surface area contributed by atoms with E-state index in [9.17, 15) is 4.79 Å². The Bertz CT molecular complexity index is 993. The monoisotopic (exact) mass is 437 g/mol. The van der Waals surface area contributed by atoms with E-state index in [1.807, 2.05) is 24.3 Å². The average molecular weight is 438 g/mol. The van der Waals surface area contributed by atoms with E-state index >= 15 is 0 Å². The van der Waals surface area contributed by atoms with Crippen molar-refractivity contribution in [1.29, 1.82) is 0 Å². The molecule has 2 heterocycles. The van der Waals surface area contributed by atoms with Crippen LogP contribution in [0.3, 0.4) is 0 Å². The van der Waals surface area contributed by atoms with Gasteiger partial charge in [0.25, 0.3) is 0 Å². The summed E-state index contributed by atoms with van der Waals surface area (Å²) in [5.74, 6) is 1.28. The highest BCUT2D eigenvalue weighted by atomic mass is 79.9. The number of nitrogens with one attached hydrogen (secondary N) is 3. The molecule has 0 spiro atoms. The fourth-order valence-corrected chi connectivity index (χ4v) is 3.46. The third kappa shape index (κ3) is 4.48. The van der Waals surface area contributed by atoms with E-state index in [1.165, 1.54) is 5.56 Å². The second-order valence-corrected chi connectivity index (χ2v) is 7.48. The van der Waals surface area contributed by atoms with Crippen molar-refractivity contribution >= 4 is 45.0 Å². The topological polar surface area (TPSA) is 78.9 Å². The van der Waals surface area contributed by atoms with Gasteiger partial charge in [-0.25, -0.2) is 4.98 Å². The fourth-order valence-electron chi connectivity index (χ4n) is 3.13. The van der Waals surface area contributed by atoms with E-state index in [4.69, 9.17) is 0 Å². The fraction of sp³-hybridized carbons (Fsp3) is 0.190. The molecule has 0 unspecified atom stereocenters. The summed E-state index contributed by atoms with van der Waals surface area (Å²) >= 11 is 3.50. The number of aromatic nitrogens is 2. The van der Waals surface area contributed by atoms with Gasteiger partial charge in [0.2, 0.25) is 11.9 Å². The Morgan fingerprint density at radius 1 is 1.14 bits per heavy atom. The summed E-state index contributed by atoms with van der Waals surface area (Å²) in [5.41, 5.74) is 4.03. The largest absolute Gasteiger partial charge is 0.369 e. The lowest BCUT2D eigenvalue weighted by Gasteiger charge is -2.11. The van der Waals surface area contributed by atoms with E-state index in [-0.39, 0.29) is 5.91 Å². The molecule has 1 aliphatic heterocycles. The van der Waals surface area contributed by atoms with Gasteiger partial charge in [0.15, 0.2) is 0 Å². The lowest BCUT2D eigenvalue weighted by molar-refractivity contribution is -0.115. The third-order valence-electron chi connectivity index (χ3n) is 4.51. The van der Waals surface area contributed by atoms with Crippen LogP contribution in [-0.2, 0) is 17.6 Å². The van der Waals surface area contributed by atoms with Gasteiger partial charge in [-0.3, -0.25) is 4.79 Å². The number of hydrogen-bond acceptors (Lipinski definition) is 5. The van der Waals surface area contributed by atoms with Gasteiger partial charge in [-0.05, 0) is 58.1 Å². The molecule has 6 nitrogen and oxygen atoms in total. The van der Waals surface area contributed by atoms with Crippen LogP contribution < -0.4 is 16.0 Å². The van der Waals surface area contributed by atoms with Gasteiger partial charge in [-0.1, -0.05) is 30.3 Å². The average Bonchev–Trinajstić information content (AvgIpc) is 3.07. The van der Waals surface area contributed by atoms with Crippen LogP contribution in [0.4, 0.5) is 23.1 Å². The minimum absolute atomic E-state index is 0.0223. The van der Waals surface area contributed by atoms with Crippen molar-refractivity contribution in [3.63, 3.8) is 0 Å². The molecule has 2 aromatic carbocycles. The third-order valence-corrected chi connectivity index (χ3v) is 5.09. The highest BCUT2D eigenvalue weighted by Crippen LogP contribution is 2.28. The number of rotatable bonds is 7. The highest BCUT2D eigenvalue weighted by molar-refractivity contribution is 9.10. The van der Waals surface area contributed by atoms with E-state index in [0.29, 0.717) is 12.4 Å². The van der Waals surface area contributed by atoms with Crippen LogP contribution in [0.25, 0.3) is 0 Å². The molecule has 0 saturated carbocycles. The van der Waals surface area contributed by atoms with Crippen LogP contribution >= 0.6 is 15.9 Å². The molecule has 0 radical (unpaired) electrons. The zero-order chi connectivity index (χ0) is 19.3. The van der Waals surface area contributed by atoms with Crippen molar-refractivity contribution in [2.24, 2.45) is 0 Å². The number of amides is 1. The number of carbonyl (C=O) groups excluding carboxylic acids is 1. The first-order valence-electron chi connectivity index (χ1n) is 9.17. The first kappa shape index (κ1) is 18.4. The Kier molecular flexibility index (Phi) is 5.53. The van der Waals surface area contributed by atoms with E-state index in [0.717, 1.165) is 46.6 Å². The maximum Gasteiger partial charge on any atom is 0.229 e. The molecule has 28 heavy (non-hydrogen) atoms. The first-order valence-corrected chi connectivity index (χ1v) is 9.97. The Hall–Kier alpha value is -2.93. The van der Waals surface area contributed by atoms with E-state index in [1.54, 1.807) is 6.20 Å². The molecule has 0 saturated heterocycles. The molecule has 0 fully saturated rings. The van der Waals surface area contributed by atoms with E-state index < -0.39 is 0 Å². The van der Waals surface area contributed by atoms with Gasteiger partial charge in [-0.2, -0.15) is 4.98 Å². The zero-order valence-electron chi connectivity index (χ0n) is 15.2. The van der Waals surface area contributed by atoms with Crippen molar-refractivity contribution in [2.45, 2.75) is 19.3 Å². The number of nitrogens with zero attached hydrogens (tertiary/aromatic N) is 2. The van der Waals surface area contributed by atoms with Crippen LogP contribution in [0.2, 0.25) is 0 Å². The predicted molar refractivity (Wildman–Crippen MR) is 115 cm³/mol. The molecule has 7 heteroatoms. The zero-order valence-corrected chi connectivity index (χ0v) is 16.8. The molecule has 3 aromatic rings. The highest BCUT2D eigenvalue weighted by Gasteiger charge is 2.17. The number of halogens is 1. The molecule has 1 aromatic heterocycles. The number of aryl methyl sites for hydroxylation is 1. The summed E-state index contributed by atoms with van der Waals surface area (Å²) in [6.45, 7) is 0.816. The van der Waals surface area contributed by atoms with Crippen molar-refractivity contribution in [3.05, 3.63) is 70.3 Å². The molecule has 0 aliphatic carbocycles. The summed E-state index contributed by atoms with van der Waals surface area (Å²) in [6.07, 6.45) is 4.16. The summed E-state index contributed by atoms with van der Waals surface area (Å²) in [5, 5.41) is 9.41. The van der Waals surface area contributed by atoms with Gasteiger partial charge in [0.05, 0.1) is 10.9 Å². The normalized spacial score (nSPS) is 12.4. The van der Waals surface area contributed by atoms with Crippen LogP contribution in [-0.4, -0.2) is 22.4 Å². The van der Waals surface area contributed by atoms with Gasteiger partial charge < -0.3 is 16.0 Å². The maximum atomic E-state index is 11.5. The van der Waals surface area contributed by atoms with Crippen molar-refractivity contribution in [2.75, 3.05) is 22.5 Å². The summed E-state index contributed by atoms with van der Waals surface area (Å²) < 4.78 is 0.821. The number of hydrogen-bond donors (Lipinski definition) is 3. The molecule has 3 N–H and O–H groups in total. The van der Waals surface area contributed by atoms with Crippen molar-refractivity contribution in [3.8, 4) is 0 Å². The van der Waals surface area contributed by atoms with Crippen molar-refractivity contribution < 1.29 is 4.79 Å². The molecule has 142 valence electrons. The number of anilines is 4. The molecule has 0 atom stereocenters. The van der Waals surface area contributed by atoms with Crippen LogP contribution in [0.1, 0.15) is 17.5 Å². The lowest BCUT2D eigenvalue weighted by Crippen LogP contribution is -2.07. The van der Waals surface area contributed by atoms with Crippen molar-refractivity contribution in [1.82, 2.24) is 9.97 Å². The molecular weight excluding hydrogens is 418 g/mol. The van der Waals surface area contributed by atoms with E-state index in [2.05, 4.69) is 66.1 Å². The SMILES string of the molecule is O=C1Cc2cc(Nc3ncc(Br)c(NCCCc4ccccc4)n3)ccc2N1. The van der Waals surface area contributed by atoms with Gasteiger partial charge >= 0.3 is 0 Å². The summed E-state index contributed by atoms with van der Waals surface area (Å²) in [4.78, 5) is 20.4. The standard InChI is InChI=1S/C21H20BrN5O/c22-17-13-24-21(25-16-8-9-18-15(11-16)12-19(28)26-18)27-20(17)23-10-4-7-14-5-2-1-3-6-14/h1-3,5-6,8-9,11,13H,4,7,10,12H2,(H,26,28)(H2,23,24,25,27). The minimum Gasteiger partial charge on any atom is -0.369 e. The van der Waals surface area contributed by atoms with Gasteiger partial charge in [0.1, 0.15) is 5.82 Å².